The molecule has 0 saturated carbocycles. The third-order valence-corrected chi connectivity index (χ3v) is 3.30. The van der Waals surface area contributed by atoms with Crippen LogP contribution < -0.4 is 10.1 Å². The SMILES string of the molecule is COc1ccc([N+](=O)[O-])cc1NCc1cccs1. The van der Waals surface area contributed by atoms with E-state index in [1.54, 1.807) is 17.4 Å². The van der Waals surface area contributed by atoms with Gasteiger partial charge >= 0.3 is 0 Å². The average molecular weight is 264 g/mol. The molecular weight excluding hydrogens is 252 g/mol. The van der Waals surface area contributed by atoms with E-state index in [-0.39, 0.29) is 5.69 Å². The maximum atomic E-state index is 10.7. The lowest BCUT2D eigenvalue weighted by molar-refractivity contribution is -0.384. The fourth-order valence-electron chi connectivity index (χ4n) is 1.54. The fourth-order valence-corrected chi connectivity index (χ4v) is 2.19. The number of benzene rings is 1. The van der Waals surface area contributed by atoms with Crippen molar-refractivity contribution in [3.63, 3.8) is 0 Å². The summed E-state index contributed by atoms with van der Waals surface area (Å²) in [6.07, 6.45) is 0. The van der Waals surface area contributed by atoms with Crippen molar-refractivity contribution in [2.24, 2.45) is 0 Å². The zero-order valence-corrected chi connectivity index (χ0v) is 10.6. The summed E-state index contributed by atoms with van der Waals surface area (Å²) in [4.78, 5) is 11.5. The van der Waals surface area contributed by atoms with Gasteiger partial charge in [-0.3, -0.25) is 10.1 Å². The van der Waals surface area contributed by atoms with E-state index in [4.69, 9.17) is 4.74 Å². The Labute approximate surface area is 108 Å². The molecule has 2 rings (SSSR count). The Bertz CT molecular complexity index is 540. The summed E-state index contributed by atoms with van der Waals surface area (Å²) < 4.78 is 5.17. The van der Waals surface area contributed by atoms with Gasteiger partial charge in [-0.2, -0.15) is 0 Å². The summed E-state index contributed by atoms with van der Waals surface area (Å²) in [5.74, 6) is 0.595. The maximum Gasteiger partial charge on any atom is 0.271 e. The first-order valence-corrected chi connectivity index (χ1v) is 6.17. The molecule has 0 aliphatic rings. The number of nitro groups is 1. The van der Waals surface area contributed by atoms with E-state index in [1.165, 1.54) is 19.2 Å². The summed E-state index contributed by atoms with van der Waals surface area (Å²) in [5.41, 5.74) is 0.671. The summed E-state index contributed by atoms with van der Waals surface area (Å²) in [5, 5.41) is 15.9. The van der Waals surface area contributed by atoms with Gasteiger partial charge in [0.25, 0.3) is 5.69 Å². The molecule has 0 spiro atoms. The van der Waals surface area contributed by atoms with E-state index >= 15 is 0 Å². The van der Waals surface area contributed by atoms with Crippen molar-refractivity contribution >= 4 is 22.7 Å². The number of non-ortho nitro benzene ring substituents is 1. The van der Waals surface area contributed by atoms with Gasteiger partial charge in [-0.1, -0.05) is 6.07 Å². The van der Waals surface area contributed by atoms with Gasteiger partial charge in [0.1, 0.15) is 5.75 Å². The van der Waals surface area contributed by atoms with Crippen molar-refractivity contribution in [2.75, 3.05) is 12.4 Å². The van der Waals surface area contributed by atoms with Crippen LogP contribution in [0.3, 0.4) is 0 Å². The standard InChI is InChI=1S/C12H12N2O3S/c1-17-12-5-4-9(14(15)16)7-11(12)13-8-10-3-2-6-18-10/h2-7,13H,8H2,1H3. The Morgan fingerprint density at radius 2 is 2.28 bits per heavy atom. The average Bonchev–Trinajstić information content (AvgIpc) is 2.89. The molecule has 1 aromatic heterocycles. The van der Waals surface area contributed by atoms with Gasteiger partial charge in [-0.15, -0.1) is 11.3 Å². The van der Waals surface area contributed by atoms with Crippen LogP contribution in [0.15, 0.2) is 35.7 Å². The van der Waals surface area contributed by atoms with Gasteiger partial charge in [0.2, 0.25) is 0 Å². The van der Waals surface area contributed by atoms with Crippen molar-refractivity contribution < 1.29 is 9.66 Å². The van der Waals surface area contributed by atoms with Gasteiger partial charge < -0.3 is 10.1 Å². The minimum absolute atomic E-state index is 0.0458. The minimum Gasteiger partial charge on any atom is -0.495 e. The van der Waals surface area contributed by atoms with Gasteiger partial charge in [-0.25, -0.2) is 0 Å². The molecule has 0 atom stereocenters. The quantitative estimate of drug-likeness (QED) is 0.665. The summed E-state index contributed by atoms with van der Waals surface area (Å²) >= 11 is 1.63. The summed E-state index contributed by atoms with van der Waals surface area (Å²) in [7, 11) is 1.54. The molecule has 6 heteroatoms. The van der Waals surface area contributed by atoms with Crippen LogP contribution >= 0.6 is 11.3 Å². The molecule has 1 N–H and O–H groups in total. The molecule has 2 aromatic rings. The Balaban J connectivity index is 2.18. The number of methoxy groups -OCH3 is 1. The number of hydrogen-bond donors (Lipinski definition) is 1. The lowest BCUT2D eigenvalue weighted by Crippen LogP contribution is -2.01. The first-order valence-electron chi connectivity index (χ1n) is 5.29. The highest BCUT2D eigenvalue weighted by Gasteiger charge is 2.11. The number of hydrogen-bond acceptors (Lipinski definition) is 5. The lowest BCUT2D eigenvalue weighted by Gasteiger charge is -2.09. The van der Waals surface area contributed by atoms with Crippen molar-refractivity contribution in [2.45, 2.75) is 6.54 Å². The second-order valence-electron chi connectivity index (χ2n) is 3.57. The molecule has 0 unspecified atom stereocenters. The number of nitro benzene ring substituents is 1. The van der Waals surface area contributed by atoms with E-state index < -0.39 is 4.92 Å². The molecule has 1 heterocycles. The molecule has 0 saturated heterocycles. The second kappa shape index (κ2) is 5.50. The first kappa shape index (κ1) is 12.4. The second-order valence-corrected chi connectivity index (χ2v) is 4.61. The molecule has 0 bridgehead atoms. The summed E-state index contributed by atoms with van der Waals surface area (Å²) in [6, 6.07) is 8.46. The maximum absolute atomic E-state index is 10.7. The van der Waals surface area contributed by atoms with Crippen LogP contribution in [0, 0.1) is 10.1 Å². The van der Waals surface area contributed by atoms with Crippen LogP contribution in [-0.4, -0.2) is 12.0 Å². The van der Waals surface area contributed by atoms with E-state index in [9.17, 15) is 10.1 Å². The molecular formula is C12H12N2O3S. The Hall–Kier alpha value is -2.08. The number of nitrogens with zero attached hydrogens (tertiary/aromatic N) is 1. The number of thiophene rings is 1. The minimum atomic E-state index is -0.421. The molecule has 5 nitrogen and oxygen atoms in total. The molecule has 1 aromatic carbocycles. The van der Waals surface area contributed by atoms with Gasteiger partial charge in [0, 0.05) is 23.6 Å². The largest absolute Gasteiger partial charge is 0.495 e. The molecule has 0 fully saturated rings. The van der Waals surface area contributed by atoms with Crippen molar-refractivity contribution in [3.05, 3.63) is 50.7 Å². The molecule has 0 radical (unpaired) electrons. The number of nitrogens with one attached hydrogen (secondary N) is 1. The highest BCUT2D eigenvalue weighted by atomic mass is 32.1. The van der Waals surface area contributed by atoms with E-state index in [0.717, 1.165) is 4.88 Å². The van der Waals surface area contributed by atoms with E-state index in [1.807, 2.05) is 17.5 Å². The van der Waals surface area contributed by atoms with E-state index in [0.29, 0.717) is 18.0 Å². The highest BCUT2D eigenvalue weighted by molar-refractivity contribution is 7.09. The van der Waals surface area contributed by atoms with Crippen LogP contribution in [-0.2, 0) is 6.54 Å². The van der Waals surface area contributed by atoms with Crippen LogP contribution in [0.4, 0.5) is 11.4 Å². The number of rotatable bonds is 5. The Morgan fingerprint density at radius 3 is 2.89 bits per heavy atom. The van der Waals surface area contributed by atoms with Crippen LogP contribution in [0.1, 0.15) is 4.88 Å². The molecule has 94 valence electrons. The molecule has 0 aliphatic carbocycles. The third kappa shape index (κ3) is 2.78. The number of anilines is 1. The lowest BCUT2D eigenvalue weighted by atomic mass is 10.2. The van der Waals surface area contributed by atoms with Crippen LogP contribution in [0.5, 0.6) is 5.75 Å². The van der Waals surface area contributed by atoms with Gasteiger partial charge in [0.05, 0.1) is 17.7 Å². The van der Waals surface area contributed by atoms with Crippen LogP contribution in [0.2, 0.25) is 0 Å². The van der Waals surface area contributed by atoms with Gasteiger partial charge in [-0.05, 0) is 17.5 Å². The zero-order valence-electron chi connectivity index (χ0n) is 9.75. The van der Waals surface area contributed by atoms with Gasteiger partial charge in [0.15, 0.2) is 0 Å². The Kier molecular flexibility index (Phi) is 3.78. The van der Waals surface area contributed by atoms with E-state index in [2.05, 4.69) is 5.32 Å². The highest BCUT2D eigenvalue weighted by Crippen LogP contribution is 2.29. The first-order chi connectivity index (χ1) is 8.70. The smallest absolute Gasteiger partial charge is 0.271 e. The molecule has 0 amide bonds. The monoisotopic (exact) mass is 264 g/mol. The topological polar surface area (TPSA) is 64.4 Å². The zero-order chi connectivity index (χ0) is 13.0. The predicted molar refractivity (Wildman–Crippen MR) is 71.3 cm³/mol. The van der Waals surface area contributed by atoms with Crippen molar-refractivity contribution in [1.29, 1.82) is 0 Å². The molecule has 18 heavy (non-hydrogen) atoms. The number of ether oxygens (including phenoxy) is 1. The Morgan fingerprint density at radius 1 is 1.44 bits per heavy atom. The fraction of sp³-hybridized carbons (Fsp3) is 0.167. The predicted octanol–water partition coefficient (Wildman–Crippen LogP) is 3.28. The summed E-state index contributed by atoms with van der Waals surface area (Å²) in [6.45, 7) is 0.620. The third-order valence-electron chi connectivity index (χ3n) is 2.43. The van der Waals surface area contributed by atoms with Crippen LogP contribution in [0.25, 0.3) is 0 Å². The van der Waals surface area contributed by atoms with Crippen molar-refractivity contribution in [1.82, 2.24) is 0 Å². The van der Waals surface area contributed by atoms with Crippen molar-refractivity contribution in [3.8, 4) is 5.75 Å². The molecule has 0 aliphatic heterocycles. The normalized spacial score (nSPS) is 10.1.